The number of unbranched alkanes of at least 4 members (excludes halogenated alkanes) is 7. The Kier molecular flexibility index (Phi) is 38.0. The summed E-state index contributed by atoms with van der Waals surface area (Å²) in [5, 5.41) is 9.32. The monoisotopic (exact) mass is 531 g/mol. The van der Waals surface area contributed by atoms with Crippen LogP contribution in [0, 0.1) is 0 Å². The van der Waals surface area contributed by atoms with E-state index in [2.05, 4.69) is 32.6 Å². The minimum absolute atomic E-state index is 0.0567. The molecule has 37 heavy (non-hydrogen) atoms. The second kappa shape index (κ2) is 34.9. The molecule has 1 N–H and O–H groups in total. The number of aliphatic hydroxyl groups is 1. The van der Waals surface area contributed by atoms with E-state index in [0.29, 0.717) is 26.0 Å². The molecule has 0 fully saturated rings. The van der Waals surface area contributed by atoms with Gasteiger partial charge in [0.1, 0.15) is 6.10 Å². The minimum Gasteiger partial charge on any atom is -0.466 e. The van der Waals surface area contributed by atoms with Crippen LogP contribution < -0.4 is 0 Å². The van der Waals surface area contributed by atoms with Crippen LogP contribution in [-0.4, -0.2) is 60.9 Å². The molecular weight excluding hydrogens is 466 g/mol. The Morgan fingerprint density at radius 2 is 1.22 bits per heavy atom. The molecule has 0 aliphatic carbocycles. The summed E-state index contributed by atoms with van der Waals surface area (Å²) < 4.78 is 10.7. The molecule has 6 nitrogen and oxygen atoms in total. The molecule has 0 aromatic rings. The van der Waals surface area contributed by atoms with Crippen LogP contribution in [0.2, 0.25) is 0 Å². The van der Waals surface area contributed by atoms with Gasteiger partial charge in [0.25, 0.3) is 0 Å². The second-order valence-corrected chi connectivity index (χ2v) is 9.48. The molecule has 1 atom stereocenters. The van der Waals surface area contributed by atoms with Crippen molar-refractivity contribution in [3.63, 3.8) is 0 Å². The number of carbonyl (C=O) groups excluding carboxylic acids is 2. The van der Waals surface area contributed by atoms with Gasteiger partial charge in [-0.05, 0) is 58.0 Å². The molecule has 224 valence electrons. The molecule has 0 radical (unpaired) electrons. The van der Waals surface area contributed by atoms with Crippen molar-refractivity contribution < 1.29 is 24.2 Å². The first-order valence-corrected chi connectivity index (χ1v) is 15.7. The Bertz CT molecular complexity index is 459. The molecule has 0 aromatic heterocycles. The van der Waals surface area contributed by atoms with Crippen molar-refractivity contribution in [2.75, 3.05) is 32.8 Å². The van der Waals surface area contributed by atoms with Gasteiger partial charge in [-0.2, -0.15) is 0 Å². The van der Waals surface area contributed by atoms with Crippen molar-refractivity contribution in [2.45, 2.75) is 157 Å². The highest BCUT2D eigenvalue weighted by Crippen LogP contribution is 2.12. The molecule has 0 amide bonds. The van der Waals surface area contributed by atoms with Crippen molar-refractivity contribution in [3.8, 4) is 0 Å². The highest BCUT2D eigenvalue weighted by atomic mass is 16.5. The molecule has 0 aliphatic heterocycles. The van der Waals surface area contributed by atoms with Gasteiger partial charge < -0.3 is 19.5 Å². The van der Waals surface area contributed by atoms with Gasteiger partial charge in [0.05, 0.1) is 13.2 Å². The van der Waals surface area contributed by atoms with Crippen molar-refractivity contribution >= 4 is 11.9 Å². The van der Waals surface area contributed by atoms with E-state index in [-0.39, 0.29) is 24.6 Å². The SMILES string of the molecule is CC.CCC.CCCCC(CC)OC(=O)CCCCCN(CCO)CCCCCCCC(=O)OCCC. The fourth-order valence-electron chi connectivity index (χ4n) is 3.70. The summed E-state index contributed by atoms with van der Waals surface area (Å²) in [7, 11) is 0. The van der Waals surface area contributed by atoms with Gasteiger partial charge in [-0.3, -0.25) is 9.59 Å². The zero-order valence-electron chi connectivity index (χ0n) is 26.0. The van der Waals surface area contributed by atoms with E-state index in [0.717, 1.165) is 96.6 Å². The number of esters is 2. The van der Waals surface area contributed by atoms with Gasteiger partial charge in [-0.1, -0.05) is 93.4 Å². The summed E-state index contributed by atoms with van der Waals surface area (Å²) in [5.74, 6) is -0.130. The Morgan fingerprint density at radius 3 is 1.73 bits per heavy atom. The minimum atomic E-state index is -0.0732. The molecule has 0 heterocycles. The average Bonchev–Trinajstić information content (AvgIpc) is 2.90. The van der Waals surface area contributed by atoms with Crippen molar-refractivity contribution in [3.05, 3.63) is 0 Å². The highest BCUT2D eigenvalue weighted by molar-refractivity contribution is 5.69. The lowest BCUT2D eigenvalue weighted by molar-refractivity contribution is -0.149. The molecule has 6 heteroatoms. The zero-order chi connectivity index (χ0) is 28.6. The highest BCUT2D eigenvalue weighted by Gasteiger charge is 2.12. The summed E-state index contributed by atoms with van der Waals surface area (Å²) in [6, 6.07) is 0. The van der Waals surface area contributed by atoms with E-state index in [4.69, 9.17) is 9.47 Å². The normalized spacial score (nSPS) is 11.2. The molecule has 0 saturated heterocycles. The predicted octanol–water partition coefficient (Wildman–Crippen LogP) is 8.09. The van der Waals surface area contributed by atoms with Crippen LogP contribution in [0.3, 0.4) is 0 Å². The quantitative estimate of drug-likeness (QED) is 0.106. The number of aliphatic hydroxyl groups excluding tert-OH is 1. The molecule has 0 rings (SSSR count). The van der Waals surface area contributed by atoms with E-state index in [9.17, 15) is 14.7 Å². The number of nitrogens with zero attached hydrogens (tertiary/aromatic N) is 1. The first-order valence-electron chi connectivity index (χ1n) is 15.7. The number of hydrogen-bond donors (Lipinski definition) is 1. The van der Waals surface area contributed by atoms with Crippen LogP contribution in [0.5, 0.6) is 0 Å². The van der Waals surface area contributed by atoms with Crippen molar-refractivity contribution in [1.29, 1.82) is 0 Å². The van der Waals surface area contributed by atoms with Gasteiger partial charge in [0.15, 0.2) is 0 Å². The van der Waals surface area contributed by atoms with Gasteiger partial charge >= 0.3 is 11.9 Å². The van der Waals surface area contributed by atoms with Crippen molar-refractivity contribution in [2.24, 2.45) is 0 Å². The fraction of sp³-hybridized carbons (Fsp3) is 0.935. The third-order valence-electron chi connectivity index (χ3n) is 5.73. The van der Waals surface area contributed by atoms with Crippen LogP contribution in [0.1, 0.15) is 151 Å². The summed E-state index contributed by atoms with van der Waals surface area (Å²) in [5.41, 5.74) is 0. The molecule has 0 bridgehead atoms. The zero-order valence-corrected chi connectivity index (χ0v) is 26.0. The topological polar surface area (TPSA) is 76.1 Å². The maximum absolute atomic E-state index is 12.0. The van der Waals surface area contributed by atoms with Gasteiger partial charge in [0, 0.05) is 19.4 Å². The summed E-state index contributed by atoms with van der Waals surface area (Å²) in [6.07, 6.45) is 15.6. The molecule has 0 aliphatic rings. The Balaban J connectivity index is -0.00000214. The van der Waals surface area contributed by atoms with E-state index in [1.807, 2.05) is 20.8 Å². The molecule has 0 spiro atoms. The van der Waals surface area contributed by atoms with Crippen LogP contribution in [-0.2, 0) is 19.1 Å². The Hall–Kier alpha value is -1.14. The summed E-state index contributed by atoms with van der Waals surface area (Å²) >= 11 is 0. The van der Waals surface area contributed by atoms with E-state index in [1.165, 1.54) is 6.42 Å². The van der Waals surface area contributed by atoms with Crippen LogP contribution >= 0.6 is 0 Å². The standard InChI is InChI=1S/C26H51NO5.C3H8.C2H6/c1-4-7-16-24(6-3)32-26(30)18-13-11-15-20-27(21-22-28)19-14-10-8-9-12-17-25(29)31-23-5-2;1-3-2;1-2/h24,28H,4-23H2,1-3H3;3H2,1-2H3;1-2H3. The fourth-order valence-corrected chi connectivity index (χ4v) is 3.70. The Labute approximate surface area is 231 Å². The van der Waals surface area contributed by atoms with E-state index < -0.39 is 0 Å². The van der Waals surface area contributed by atoms with E-state index in [1.54, 1.807) is 0 Å². The summed E-state index contributed by atoms with van der Waals surface area (Å²) in [6.45, 7) is 17.9. The Morgan fingerprint density at radius 1 is 0.703 bits per heavy atom. The average molecular weight is 532 g/mol. The lowest BCUT2D eigenvalue weighted by Crippen LogP contribution is -2.29. The first-order chi connectivity index (χ1) is 18.0. The number of hydrogen-bond acceptors (Lipinski definition) is 6. The maximum Gasteiger partial charge on any atom is 0.306 e. The lowest BCUT2D eigenvalue weighted by Gasteiger charge is -2.21. The maximum atomic E-state index is 12.0. The summed E-state index contributed by atoms with van der Waals surface area (Å²) in [4.78, 5) is 25.8. The molecule has 1 unspecified atom stereocenters. The van der Waals surface area contributed by atoms with Gasteiger partial charge in [0.2, 0.25) is 0 Å². The van der Waals surface area contributed by atoms with Crippen LogP contribution in [0.4, 0.5) is 0 Å². The third kappa shape index (κ3) is 32.8. The number of rotatable bonds is 23. The number of ether oxygens (including phenoxy) is 2. The van der Waals surface area contributed by atoms with Crippen molar-refractivity contribution in [1.82, 2.24) is 4.90 Å². The predicted molar refractivity (Wildman–Crippen MR) is 158 cm³/mol. The van der Waals surface area contributed by atoms with E-state index >= 15 is 0 Å². The molecular formula is C31H65NO5. The molecule has 0 aromatic carbocycles. The third-order valence-corrected chi connectivity index (χ3v) is 5.73. The number of carbonyl (C=O) groups is 2. The first kappa shape index (κ1) is 40.4. The molecule has 0 saturated carbocycles. The largest absolute Gasteiger partial charge is 0.466 e. The lowest BCUT2D eigenvalue weighted by atomic mass is 10.1. The van der Waals surface area contributed by atoms with Crippen LogP contribution in [0.15, 0.2) is 0 Å². The second-order valence-electron chi connectivity index (χ2n) is 9.48. The van der Waals surface area contributed by atoms with Gasteiger partial charge in [-0.15, -0.1) is 0 Å². The smallest absolute Gasteiger partial charge is 0.306 e. The van der Waals surface area contributed by atoms with Gasteiger partial charge in [-0.25, -0.2) is 0 Å². The van der Waals surface area contributed by atoms with Crippen LogP contribution in [0.25, 0.3) is 0 Å².